The van der Waals surface area contributed by atoms with Gasteiger partial charge in [0.05, 0.1) is 35.7 Å². The van der Waals surface area contributed by atoms with Crippen LogP contribution in [-0.2, 0) is 25.5 Å². The number of aliphatic hydroxyl groups excluding tert-OH is 1. The fourth-order valence-corrected chi connectivity index (χ4v) is 5.17. The molecule has 0 aliphatic carbocycles. The quantitative estimate of drug-likeness (QED) is 0.0821. The highest BCUT2D eigenvalue weighted by Crippen LogP contribution is 2.44. The number of hydrogen-bond donors (Lipinski definition) is 3. The van der Waals surface area contributed by atoms with Crippen LogP contribution in [0.3, 0.4) is 0 Å². The predicted octanol–water partition coefficient (Wildman–Crippen LogP) is 4.74. The highest BCUT2D eigenvalue weighted by molar-refractivity contribution is 6.00. The summed E-state index contributed by atoms with van der Waals surface area (Å²) in [5.41, 5.74) is -2.73. The van der Waals surface area contributed by atoms with Gasteiger partial charge in [-0.15, -0.1) is 0 Å². The summed E-state index contributed by atoms with van der Waals surface area (Å²) in [4.78, 5) is 36.9. The standard InChI is InChI=1S/C35H36F3N3O9/c1-22-29(30(24-7-6-8-25(19-24)41(45)46)31(33(43)47-2)32(40-22)35(36,37)38)34(44)49-17-15-23-11-13-28(14-12-23)48-18-16-39-20-26(42)21-50-27-9-4-3-5-10-27/h3-14,19,26,30,39-40,42H,15-18,20-21H2,1-2H3. The van der Waals surface area contributed by atoms with Gasteiger partial charge in [0.25, 0.3) is 5.69 Å². The van der Waals surface area contributed by atoms with Crippen molar-refractivity contribution in [2.45, 2.75) is 31.5 Å². The third-order valence-electron chi connectivity index (χ3n) is 7.55. The number of para-hydroxylation sites is 1. The van der Waals surface area contributed by atoms with Crippen LogP contribution in [0.25, 0.3) is 0 Å². The molecule has 0 spiro atoms. The van der Waals surface area contributed by atoms with Crippen molar-refractivity contribution >= 4 is 17.6 Å². The van der Waals surface area contributed by atoms with E-state index >= 15 is 0 Å². The van der Waals surface area contributed by atoms with E-state index in [1.54, 1.807) is 36.4 Å². The maximum atomic E-state index is 14.1. The summed E-state index contributed by atoms with van der Waals surface area (Å²) in [6.45, 7) is 2.31. The zero-order valence-electron chi connectivity index (χ0n) is 27.2. The molecule has 2 unspecified atom stereocenters. The fourth-order valence-electron chi connectivity index (χ4n) is 5.17. The summed E-state index contributed by atoms with van der Waals surface area (Å²) in [6, 6.07) is 20.8. The zero-order valence-corrected chi connectivity index (χ0v) is 27.2. The van der Waals surface area contributed by atoms with Gasteiger partial charge in [0.15, 0.2) is 0 Å². The number of carbonyl (C=O) groups is 2. The van der Waals surface area contributed by atoms with E-state index in [4.69, 9.17) is 14.2 Å². The van der Waals surface area contributed by atoms with Crippen molar-refractivity contribution in [1.29, 1.82) is 0 Å². The number of rotatable bonds is 16. The van der Waals surface area contributed by atoms with Gasteiger partial charge in [-0.25, -0.2) is 9.59 Å². The zero-order chi connectivity index (χ0) is 36.3. The molecule has 0 saturated heterocycles. The van der Waals surface area contributed by atoms with E-state index in [0.29, 0.717) is 31.2 Å². The third kappa shape index (κ3) is 10.1. The van der Waals surface area contributed by atoms with Gasteiger partial charge in [0.2, 0.25) is 0 Å². The first-order valence-corrected chi connectivity index (χ1v) is 15.5. The minimum atomic E-state index is -5.05. The molecular weight excluding hydrogens is 663 g/mol. The summed E-state index contributed by atoms with van der Waals surface area (Å²) >= 11 is 0. The summed E-state index contributed by atoms with van der Waals surface area (Å²) in [5, 5.41) is 26.7. The number of ether oxygens (including phenoxy) is 4. The van der Waals surface area contributed by atoms with Gasteiger partial charge in [-0.1, -0.05) is 42.5 Å². The molecule has 0 saturated carbocycles. The van der Waals surface area contributed by atoms with Crippen LogP contribution in [0.4, 0.5) is 18.9 Å². The van der Waals surface area contributed by atoms with E-state index in [-0.39, 0.29) is 36.5 Å². The summed E-state index contributed by atoms with van der Waals surface area (Å²) in [5.74, 6) is -2.81. The first-order chi connectivity index (χ1) is 23.9. The SMILES string of the molecule is COC(=O)C1=C(C(F)(F)F)NC(C)=C(C(=O)OCCc2ccc(OCCNCC(O)COc3ccccc3)cc2)C1c1cccc([N+](=O)[O-])c1. The second-order valence-electron chi connectivity index (χ2n) is 11.1. The molecule has 3 N–H and O–H groups in total. The van der Waals surface area contributed by atoms with E-state index < -0.39 is 52.0 Å². The summed E-state index contributed by atoms with van der Waals surface area (Å²) < 4.78 is 63.7. The number of hydrogen-bond acceptors (Lipinski definition) is 11. The Morgan fingerprint density at radius 2 is 1.66 bits per heavy atom. The molecule has 12 nitrogen and oxygen atoms in total. The van der Waals surface area contributed by atoms with Crippen molar-refractivity contribution in [2.75, 3.05) is 40.0 Å². The molecule has 50 heavy (non-hydrogen) atoms. The number of nitrogens with zero attached hydrogens (tertiary/aromatic N) is 1. The number of aliphatic hydroxyl groups is 1. The molecule has 0 bridgehead atoms. The van der Waals surface area contributed by atoms with Gasteiger partial charge in [-0.3, -0.25) is 10.1 Å². The second kappa shape index (κ2) is 17.3. The lowest BCUT2D eigenvalue weighted by atomic mass is 9.80. The smallest absolute Gasteiger partial charge is 0.431 e. The van der Waals surface area contributed by atoms with Gasteiger partial charge in [-0.05, 0) is 42.3 Å². The first-order valence-electron chi connectivity index (χ1n) is 15.5. The number of alkyl halides is 3. The maximum absolute atomic E-state index is 14.1. The predicted molar refractivity (Wildman–Crippen MR) is 174 cm³/mol. The number of non-ortho nitro benzene ring substituents is 1. The van der Waals surface area contributed by atoms with Crippen LogP contribution in [0.5, 0.6) is 11.5 Å². The summed E-state index contributed by atoms with van der Waals surface area (Å²) in [6.07, 6.45) is -5.51. The van der Waals surface area contributed by atoms with Crippen LogP contribution >= 0.6 is 0 Å². The van der Waals surface area contributed by atoms with Gasteiger partial charge in [0, 0.05) is 37.3 Å². The Bertz CT molecular complexity index is 1710. The monoisotopic (exact) mass is 699 g/mol. The molecule has 1 heterocycles. The van der Waals surface area contributed by atoms with Crippen LogP contribution in [0.2, 0.25) is 0 Å². The number of benzene rings is 3. The molecule has 0 fully saturated rings. The Labute approximate surface area is 285 Å². The fraction of sp³-hybridized carbons (Fsp3) is 0.314. The molecular formula is C35H36F3N3O9. The van der Waals surface area contributed by atoms with Gasteiger partial charge in [-0.2, -0.15) is 13.2 Å². The van der Waals surface area contributed by atoms with E-state index in [0.717, 1.165) is 24.8 Å². The number of nitro benzene ring substituents is 1. The van der Waals surface area contributed by atoms with Crippen LogP contribution < -0.4 is 20.1 Å². The van der Waals surface area contributed by atoms with Crippen LogP contribution in [-0.4, -0.2) is 74.3 Å². The number of methoxy groups -OCH3 is 1. The molecule has 0 amide bonds. The number of esters is 2. The molecule has 1 aliphatic heterocycles. The lowest BCUT2D eigenvalue weighted by molar-refractivity contribution is -0.384. The molecule has 3 aromatic rings. The molecule has 2 atom stereocenters. The van der Waals surface area contributed by atoms with Gasteiger partial charge < -0.3 is 34.7 Å². The van der Waals surface area contributed by atoms with Gasteiger partial charge >= 0.3 is 18.1 Å². The van der Waals surface area contributed by atoms with Crippen molar-refractivity contribution in [1.82, 2.24) is 10.6 Å². The number of halogens is 3. The lowest BCUT2D eigenvalue weighted by Gasteiger charge is -2.31. The Morgan fingerprint density at radius 1 is 0.960 bits per heavy atom. The third-order valence-corrected chi connectivity index (χ3v) is 7.55. The normalized spacial score (nSPS) is 15.2. The number of nitrogens with one attached hydrogen (secondary N) is 2. The summed E-state index contributed by atoms with van der Waals surface area (Å²) in [7, 11) is 0.889. The van der Waals surface area contributed by atoms with Crippen LogP contribution in [0.15, 0.2) is 101 Å². The Hall–Kier alpha value is -5.41. The molecule has 15 heteroatoms. The molecule has 0 radical (unpaired) electrons. The molecule has 266 valence electrons. The largest absolute Gasteiger partial charge is 0.492 e. The number of carbonyl (C=O) groups excluding carboxylic acids is 2. The topological polar surface area (TPSA) is 158 Å². The van der Waals surface area contributed by atoms with E-state index in [2.05, 4.69) is 15.4 Å². The molecule has 3 aromatic carbocycles. The van der Waals surface area contributed by atoms with Crippen molar-refractivity contribution in [3.63, 3.8) is 0 Å². The molecule has 1 aliphatic rings. The van der Waals surface area contributed by atoms with Crippen LogP contribution in [0.1, 0.15) is 24.0 Å². The highest BCUT2D eigenvalue weighted by atomic mass is 19.4. The van der Waals surface area contributed by atoms with Crippen molar-refractivity contribution in [2.24, 2.45) is 0 Å². The van der Waals surface area contributed by atoms with E-state index in [9.17, 15) is 38.0 Å². The minimum absolute atomic E-state index is 0.104. The van der Waals surface area contributed by atoms with Crippen molar-refractivity contribution in [3.8, 4) is 11.5 Å². The average molecular weight is 700 g/mol. The highest BCUT2D eigenvalue weighted by Gasteiger charge is 2.47. The second-order valence-corrected chi connectivity index (χ2v) is 11.1. The first kappa shape index (κ1) is 37.4. The van der Waals surface area contributed by atoms with E-state index in [1.165, 1.54) is 19.1 Å². The Balaban J connectivity index is 1.34. The lowest BCUT2D eigenvalue weighted by Crippen LogP contribution is -2.38. The number of allylic oxidation sites excluding steroid dienone is 2. The van der Waals surface area contributed by atoms with Crippen molar-refractivity contribution in [3.05, 3.63) is 123 Å². The van der Waals surface area contributed by atoms with Crippen molar-refractivity contribution < 1.29 is 51.7 Å². The maximum Gasteiger partial charge on any atom is 0.431 e. The average Bonchev–Trinajstić information content (AvgIpc) is 3.10. The minimum Gasteiger partial charge on any atom is -0.492 e. The van der Waals surface area contributed by atoms with E-state index in [1.807, 2.05) is 18.2 Å². The molecule has 4 rings (SSSR count). The number of dihydropyridines is 1. The Kier molecular flexibility index (Phi) is 12.9. The number of nitro groups is 1. The molecule has 0 aromatic heterocycles. The van der Waals surface area contributed by atoms with Gasteiger partial charge in [0.1, 0.15) is 36.5 Å². The Morgan fingerprint density at radius 3 is 2.32 bits per heavy atom. The van der Waals surface area contributed by atoms with Crippen LogP contribution in [0, 0.1) is 10.1 Å².